The molecule has 1 N–H and O–H groups in total. The van der Waals surface area contributed by atoms with E-state index in [-0.39, 0.29) is 5.91 Å². The highest BCUT2D eigenvalue weighted by molar-refractivity contribution is 9.11. The molecule has 1 heterocycles. The number of nitrogens with one attached hydrogen (secondary N) is 1. The maximum absolute atomic E-state index is 11.6. The summed E-state index contributed by atoms with van der Waals surface area (Å²) in [6, 6.07) is 4.02. The van der Waals surface area contributed by atoms with Crippen LogP contribution >= 0.6 is 27.3 Å². The molecule has 3 nitrogen and oxygen atoms in total. The molecule has 1 rings (SSSR count). The first-order valence-electron chi connectivity index (χ1n) is 5.14. The third-order valence-electron chi connectivity index (χ3n) is 2.37. The van der Waals surface area contributed by atoms with Gasteiger partial charge in [0, 0.05) is 6.08 Å². The van der Waals surface area contributed by atoms with Gasteiger partial charge in [0.25, 0.3) is 0 Å². The lowest BCUT2D eigenvalue weighted by molar-refractivity contribution is -0.117. The summed E-state index contributed by atoms with van der Waals surface area (Å²) >= 11 is 4.91. The molecule has 0 aliphatic heterocycles. The molecular weight excluding hydrogens is 300 g/mol. The van der Waals surface area contributed by atoms with Crippen LogP contribution in [0.1, 0.15) is 25.8 Å². The average Bonchev–Trinajstić information content (AvgIpc) is 2.72. The van der Waals surface area contributed by atoms with E-state index in [0.29, 0.717) is 6.42 Å². The molecule has 1 aromatic rings. The molecule has 0 bridgehead atoms. The van der Waals surface area contributed by atoms with Crippen LogP contribution in [-0.4, -0.2) is 11.4 Å². The fraction of sp³-hybridized carbons (Fsp3) is 0.333. The molecule has 1 atom stereocenters. The molecule has 5 heteroatoms. The van der Waals surface area contributed by atoms with Gasteiger partial charge in [-0.15, -0.1) is 11.3 Å². The van der Waals surface area contributed by atoms with Gasteiger partial charge in [0.05, 0.1) is 9.86 Å². The number of carbonyl (C=O) groups excluding carboxylic acids is 1. The SMILES string of the molecule is CCC(C)(C#N)NC(=O)/C=C/c1csc(Br)c1. The molecule has 0 radical (unpaired) electrons. The first-order chi connectivity index (χ1) is 7.99. The fourth-order valence-electron chi connectivity index (χ4n) is 1.09. The van der Waals surface area contributed by atoms with Gasteiger partial charge in [-0.1, -0.05) is 6.92 Å². The summed E-state index contributed by atoms with van der Waals surface area (Å²) in [5.41, 5.74) is 0.170. The van der Waals surface area contributed by atoms with E-state index in [9.17, 15) is 4.79 Å². The minimum Gasteiger partial charge on any atom is -0.334 e. The zero-order valence-electron chi connectivity index (χ0n) is 9.66. The summed E-state index contributed by atoms with van der Waals surface area (Å²) in [6.45, 7) is 3.57. The Morgan fingerprint density at radius 3 is 2.94 bits per heavy atom. The van der Waals surface area contributed by atoms with E-state index in [4.69, 9.17) is 5.26 Å². The van der Waals surface area contributed by atoms with E-state index in [0.717, 1.165) is 9.35 Å². The normalized spacial score (nSPS) is 14.2. The number of amides is 1. The molecule has 0 spiro atoms. The van der Waals surface area contributed by atoms with Crippen molar-refractivity contribution in [2.75, 3.05) is 0 Å². The van der Waals surface area contributed by atoms with Crippen molar-refractivity contribution in [1.29, 1.82) is 5.26 Å². The molecule has 0 saturated carbocycles. The summed E-state index contributed by atoms with van der Waals surface area (Å²) in [4.78, 5) is 11.6. The maximum atomic E-state index is 11.6. The lowest BCUT2D eigenvalue weighted by atomic mass is 10.0. The van der Waals surface area contributed by atoms with Crippen LogP contribution in [0.4, 0.5) is 0 Å². The molecule has 0 aromatic carbocycles. The highest BCUT2D eigenvalue weighted by atomic mass is 79.9. The van der Waals surface area contributed by atoms with E-state index in [2.05, 4.69) is 27.3 Å². The second kappa shape index (κ2) is 5.99. The van der Waals surface area contributed by atoms with Gasteiger partial charge in [-0.2, -0.15) is 5.26 Å². The van der Waals surface area contributed by atoms with Crippen LogP contribution < -0.4 is 5.32 Å². The van der Waals surface area contributed by atoms with Crippen molar-refractivity contribution in [3.05, 3.63) is 26.9 Å². The van der Waals surface area contributed by atoms with Crippen LogP contribution in [0, 0.1) is 11.3 Å². The molecular formula is C12H13BrN2OS. The molecule has 1 aromatic heterocycles. The first kappa shape index (κ1) is 13.9. The zero-order chi connectivity index (χ0) is 12.9. The first-order valence-corrected chi connectivity index (χ1v) is 6.82. The van der Waals surface area contributed by atoms with Crippen molar-refractivity contribution in [3.63, 3.8) is 0 Å². The van der Waals surface area contributed by atoms with Gasteiger partial charge in [-0.05, 0) is 52.4 Å². The van der Waals surface area contributed by atoms with Crippen LogP contribution in [0.3, 0.4) is 0 Å². The summed E-state index contributed by atoms with van der Waals surface area (Å²) in [5, 5.41) is 13.5. The lowest BCUT2D eigenvalue weighted by Crippen LogP contribution is -2.43. The van der Waals surface area contributed by atoms with E-state index < -0.39 is 5.54 Å². The number of halogens is 1. The number of carbonyl (C=O) groups is 1. The zero-order valence-corrected chi connectivity index (χ0v) is 12.1. The second-order valence-electron chi connectivity index (χ2n) is 3.80. The Labute approximate surface area is 113 Å². The van der Waals surface area contributed by atoms with Crippen molar-refractivity contribution in [2.24, 2.45) is 0 Å². The van der Waals surface area contributed by atoms with E-state index >= 15 is 0 Å². The molecule has 90 valence electrons. The van der Waals surface area contributed by atoms with Gasteiger partial charge in [-0.3, -0.25) is 4.79 Å². The third kappa shape index (κ3) is 4.33. The molecule has 17 heavy (non-hydrogen) atoms. The van der Waals surface area contributed by atoms with Crippen molar-refractivity contribution >= 4 is 39.2 Å². The Morgan fingerprint density at radius 2 is 2.47 bits per heavy atom. The lowest BCUT2D eigenvalue weighted by Gasteiger charge is -2.19. The number of hydrogen-bond acceptors (Lipinski definition) is 3. The van der Waals surface area contributed by atoms with E-state index in [1.165, 1.54) is 6.08 Å². The standard InChI is InChI=1S/C12H13BrN2OS/c1-3-12(2,8-14)15-11(16)5-4-9-6-10(13)17-7-9/h4-7H,3H2,1-2H3,(H,15,16)/b5-4+. The molecule has 0 saturated heterocycles. The van der Waals surface area contributed by atoms with Gasteiger partial charge in [0.1, 0.15) is 5.54 Å². The van der Waals surface area contributed by atoms with Gasteiger partial charge < -0.3 is 5.32 Å². The second-order valence-corrected chi connectivity index (χ2v) is 6.09. The number of nitrogens with zero attached hydrogens (tertiary/aromatic N) is 1. The Bertz CT molecular complexity index is 475. The van der Waals surface area contributed by atoms with Crippen molar-refractivity contribution in [2.45, 2.75) is 25.8 Å². The van der Waals surface area contributed by atoms with Gasteiger partial charge in [0.15, 0.2) is 0 Å². The highest BCUT2D eigenvalue weighted by Gasteiger charge is 2.22. The topological polar surface area (TPSA) is 52.9 Å². The Balaban J connectivity index is 2.62. The number of hydrogen-bond donors (Lipinski definition) is 1. The van der Waals surface area contributed by atoms with Crippen LogP contribution in [0.5, 0.6) is 0 Å². The minimum atomic E-state index is -0.795. The smallest absolute Gasteiger partial charge is 0.245 e. The van der Waals surface area contributed by atoms with Crippen LogP contribution in [0.2, 0.25) is 0 Å². The monoisotopic (exact) mass is 312 g/mol. The molecule has 1 unspecified atom stereocenters. The van der Waals surface area contributed by atoms with Gasteiger partial charge in [-0.25, -0.2) is 0 Å². The molecule has 1 amide bonds. The predicted octanol–water partition coefficient (Wildman–Crippen LogP) is 3.33. The quantitative estimate of drug-likeness (QED) is 0.867. The Hall–Kier alpha value is -1.12. The van der Waals surface area contributed by atoms with Crippen LogP contribution in [0.15, 0.2) is 21.3 Å². The largest absolute Gasteiger partial charge is 0.334 e. The minimum absolute atomic E-state index is 0.252. The summed E-state index contributed by atoms with van der Waals surface area (Å²) in [7, 11) is 0. The van der Waals surface area contributed by atoms with Crippen molar-refractivity contribution in [3.8, 4) is 6.07 Å². The summed E-state index contributed by atoms with van der Waals surface area (Å²) in [5.74, 6) is -0.252. The molecule has 0 fully saturated rings. The van der Waals surface area contributed by atoms with Crippen LogP contribution in [-0.2, 0) is 4.79 Å². The van der Waals surface area contributed by atoms with E-state index in [1.54, 1.807) is 24.3 Å². The summed E-state index contributed by atoms with van der Waals surface area (Å²) in [6.07, 6.45) is 3.75. The van der Waals surface area contributed by atoms with Crippen molar-refractivity contribution < 1.29 is 4.79 Å². The van der Waals surface area contributed by atoms with Crippen LogP contribution in [0.25, 0.3) is 6.08 Å². The molecule has 0 aliphatic carbocycles. The summed E-state index contributed by atoms with van der Waals surface area (Å²) < 4.78 is 1.02. The number of nitriles is 1. The Kier molecular flexibility index (Phi) is 4.91. The van der Waals surface area contributed by atoms with Gasteiger partial charge in [0.2, 0.25) is 5.91 Å². The fourth-order valence-corrected chi connectivity index (χ4v) is 2.24. The van der Waals surface area contributed by atoms with E-state index in [1.807, 2.05) is 18.4 Å². The van der Waals surface area contributed by atoms with Crippen molar-refractivity contribution in [1.82, 2.24) is 5.32 Å². The maximum Gasteiger partial charge on any atom is 0.245 e. The highest BCUT2D eigenvalue weighted by Crippen LogP contribution is 2.21. The number of rotatable bonds is 4. The average molecular weight is 313 g/mol. The predicted molar refractivity (Wildman–Crippen MR) is 73.5 cm³/mol. The molecule has 0 aliphatic rings. The number of thiophene rings is 1. The third-order valence-corrected chi connectivity index (χ3v) is 3.89. The van der Waals surface area contributed by atoms with Gasteiger partial charge >= 0.3 is 0 Å². The Morgan fingerprint density at radius 1 is 1.76 bits per heavy atom.